The predicted octanol–water partition coefficient (Wildman–Crippen LogP) is 4.77. The summed E-state index contributed by atoms with van der Waals surface area (Å²) in [5.41, 5.74) is 7.69. The van der Waals surface area contributed by atoms with E-state index in [9.17, 15) is 0 Å². The molecule has 0 aliphatic carbocycles. The maximum absolute atomic E-state index is 3.71. The summed E-state index contributed by atoms with van der Waals surface area (Å²) >= 11 is 0. The molecule has 2 aromatic carbocycles. The Bertz CT molecular complexity index is 1030. The Kier molecular flexibility index (Phi) is 7.59. The van der Waals surface area contributed by atoms with Crippen molar-refractivity contribution in [3.63, 3.8) is 0 Å². The average Bonchev–Trinajstić information content (AvgIpc) is 3.06. The van der Waals surface area contributed by atoms with Gasteiger partial charge in [-0.25, -0.2) is 10.1 Å². The third-order valence-corrected chi connectivity index (χ3v) is 12.4. The summed E-state index contributed by atoms with van der Waals surface area (Å²) in [6, 6.07) is 26.6. The van der Waals surface area contributed by atoms with Crippen molar-refractivity contribution in [2.45, 2.75) is 50.7 Å². The second-order valence-corrected chi connectivity index (χ2v) is 13.4. The van der Waals surface area contributed by atoms with Gasteiger partial charge in [0.15, 0.2) is 6.20 Å². The van der Waals surface area contributed by atoms with Crippen LogP contribution in [-0.2, 0) is 46.2 Å². The van der Waals surface area contributed by atoms with E-state index in [-0.39, 0.29) is 41.1 Å². The molecule has 0 unspecified atom stereocenters. The summed E-state index contributed by atoms with van der Waals surface area (Å²) in [5, 5.41) is 1.77. The van der Waals surface area contributed by atoms with Crippen LogP contribution in [0.1, 0.15) is 30.4 Å². The van der Waals surface area contributed by atoms with Crippen molar-refractivity contribution in [2.24, 2.45) is 7.05 Å². The largest absolute Gasteiger partial charge is 0.234 e. The van der Waals surface area contributed by atoms with Crippen molar-refractivity contribution in [2.75, 3.05) is 0 Å². The van der Waals surface area contributed by atoms with E-state index >= 15 is 0 Å². The van der Waals surface area contributed by atoms with E-state index in [0.29, 0.717) is 0 Å². The average molecular weight is 482 g/mol. The first-order valence-corrected chi connectivity index (χ1v) is 13.3. The van der Waals surface area contributed by atoms with Crippen LogP contribution in [0.25, 0.3) is 22.4 Å². The molecular formula is C26H28BNSiY-. The second-order valence-electron chi connectivity index (χ2n) is 8.76. The van der Waals surface area contributed by atoms with Gasteiger partial charge in [-0.05, 0) is 24.1 Å². The van der Waals surface area contributed by atoms with E-state index in [1.54, 1.807) is 10.8 Å². The molecule has 1 nitrogen and oxygen atoms in total. The minimum absolute atomic E-state index is 0. The van der Waals surface area contributed by atoms with Crippen LogP contribution < -0.4 is 9.75 Å². The molecule has 1 fully saturated rings. The van der Waals surface area contributed by atoms with Crippen LogP contribution in [0.4, 0.5) is 0 Å². The van der Waals surface area contributed by atoms with Gasteiger partial charge in [-0.15, -0.1) is 17.7 Å². The van der Waals surface area contributed by atoms with Crippen LogP contribution in [0.3, 0.4) is 0 Å². The van der Waals surface area contributed by atoms with E-state index in [2.05, 4.69) is 67.2 Å². The van der Waals surface area contributed by atoms with E-state index in [1.165, 1.54) is 60.6 Å². The molecule has 2 aliphatic heterocycles. The molecule has 4 radical (unpaired) electrons. The zero-order chi connectivity index (χ0) is 19.1. The number of aromatic nitrogens is 1. The summed E-state index contributed by atoms with van der Waals surface area (Å²) in [6.45, 7) is 2.20. The van der Waals surface area contributed by atoms with Crippen LogP contribution in [0.2, 0.25) is 18.1 Å². The van der Waals surface area contributed by atoms with Gasteiger partial charge in [0.2, 0.25) is 0 Å². The van der Waals surface area contributed by atoms with Gasteiger partial charge in [0.1, 0.15) is 12.7 Å². The van der Waals surface area contributed by atoms with Gasteiger partial charge in [-0.2, -0.15) is 42.0 Å². The van der Waals surface area contributed by atoms with Gasteiger partial charge >= 0.3 is 0 Å². The standard InChI is InChI=1S/C26H28NSi.B.Y/c1-20-11-12-22(21-9-5-3-6-10-21)17-24(20)25-18-23-13-16-28(14-7-4-8-15-28)26(23)19-27(25)2;;/h3,5-6,9,11-12,18-19H,4,7-8,13-16H2,1-2H3;;/q-1;;. The van der Waals surface area contributed by atoms with Gasteiger partial charge in [0.05, 0.1) is 8.07 Å². The molecule has 3 aromatic rings. The van der Waals surface area contributed by atoms with Gasteiger partial charge in [-0.1, -0.05) is 43.8 Å². The Balaban J connectivity index is 0.00000128. The Morgan fingerprint density at radius 3 is 2.50 bits per heavy atom. The number of nitrogens with zero attached hydrogens (tertiary/aromatic N) is 1. The normalized spacial score (nSPS) is 16.5. The van der Waals surface area contributed by atoms with Crippen molar-refractivity contribution in [3.05, 3.63) is 71.9 Å². The van der Waals surface area contributed by atoms with Gasteiger partial charge in [0.25, 0.3) is 0 Å². The number of aryl methyl sites for hydroxylation is 3. The fraction of sp³-hybridized carbons (Fsp3) is 0.346. The smallest absolute Gasteiger partial charge is 0.161 e. The molecule has 3 heterocycles. The van der Waals surface area contributed by atoms with Crippen LogP contribution >= 0.6 is 0 Å². The van der Waals surface area contributed by atoms with Crippen molar-refractivity contribution < 1.29 is 37.3 Å². The maximum Gasteiger partial charge on any atom is 0.161 e. The molecule has 30 heavy (non-hydrogen) atoms. The van der Waals surface area contributed by atoms with Gasteiger partial charge in [0, 0.05) is 46.3 Å². The summed E-state index contributed by atoms with van der Waals surface area (Å²) in [5.74, 6) is 0. The zero-order valence-corrected chi connectivity index (χ0v) is 22.0. The number of rotatable bonds is 2. The molecule has 0 amide bonds. The summed E-state index contributed by atoms with van der Waals surface area (Å²) in [6.07, 6.45) is 8.16. The van der Waals surface area contributed by atoms with Crippen molar-refractivity contribution >= 4 is 21.7 Å². The van der Waals surface area contributed by atoms with Crippen LogP contribution in [0, 0.1) is 19.1 Å². The predicted molar refractivity (Wildman–Crippen MR) is 124 cm³/mol. The van der Waals surface area contributed by atoms with Crippen molar-refractivity contribution in [1.29, 1.82) is 0 Å². The number of hydrogen-bond acceptors (Lipinski definition) is 0. The Morgan fingerprint density at radius 2 is 1.77 bits per heavy atom. The minimum Gasteiger partial charge on any atom is -0.234 e. The number of benzene rings is 2. The monoisotopic (exact) mass is 482 g/mol. The molecule has 1 aromatic heterocycles. The minimum atomic E-state index is -1.21. The molecule has 2 aliphatic rings. The molecular weight excluding hydrogens is 454 g/mol. The molecule has 0 bridgehead atoms. The van der Waals surface area contributed by atoms with Crippen LogP contribution in [0.5, 0.6) is 0 Å². The summed E-state index contributed by atoms with van der Waals surface area (Å²) < 4.78 is 2.38. The van der Waals surface area contributed by atoms with Crippen LogP contribution in [0.15, 0.2) is 48.7 Å². The Labute approximate surface area is 209 Å². The first-order valence-electron chi connectivity index (χ1n) is 10.7. The first kappa shape index (κ1) is 23.6. The van der Waals surface area contributed by atoms with E-state index in [0.717, 1.165) is 11.1 Å². The molecule has 4 heteroatoms. The molecule has 1 saturated heterocycles. The summed E-state index contributed by atoms with van der Waals surface area (Å²) in [4.78, 5) is 0. The first-order chi connectivity index (χ1) is 13.7. The second kappa shape index (κ2) is 9.63. The van der Waals surface area contributed by atoms with Crippen molar-refractivity contribution in [3.8, 4) is 22.4 Å². The number of hydrogen-bond donors (Lipinski definition) is 0. The number of pyridine rings is 1. The third-order valence-electron chi connectivity index (χ3n) is 7.02. The fourth-order valence-electron chi connectivity index (χ4n) is 5.43. The molecule has 148 valence electrons. The molecule has 1 spiro atoms. The van der Waals surface area contributed by atoms with Crippen LogP contribution in [-0.4, -0.2) is 16.5 Å². The van der Waals surface area contributed by atoms with E-state index in [1.807, 2.05) is 12.1 Å². The van der Waals surface area contributed by atoms with Gasteiger partial charge in [-0.3, -0.25) is 0 Å². The summed E-state index contributed by atoms with van der Waals surface area (Å²) in [7, 11) is 1.02. The SMILES string of the molecule is Cc1ccc(-c2[c-]cccc2)[c-]c1-c1cc2c(c[n+]1C)[Si]1(CCCCC1)CC2.[B].[Y]. The Morgan fingerprint density at radius 1 is 0.967 bits per heavy atom. The third kappa shape index (κ3) is 4.18. The van der Waals surface area contributed by atoms with E-state index < -0.39 is 8.07 Å². The van der Waals surface area contributed by atoms with E-state index in [4.69, 9.17) is 0 Å². The molecule has 5 rings (SSSR count). The quantitative estimate of drug-likeness (QED) is 0.282. The maximum atomic E-state index is 3.71. The number of fused-ring (bicyclic) bond motifs is 2. The zero-order valence-electron chi connectivity index (χ0n) is 18.2. The Hall–Kier alpha value is -1.02. The molecule has 0 saturated carbocycles. The molecule has 0 atom stereocenters. The van der Waals surface area contributed by atoms with Crippen molar-refractivity contribution in [1.82, 2.24) is 0 Å². The molecule has 0 N–H and O–H groups in total. The fourth-order valence-corrected chi connectivity index (χ4v) is 10.9. The van der Waals surface area contributed by atoms with Gasteiger partial charge < -0.3 is 0 Å². The topological polar surface area (TPSA) is 3.88 Å².